The average Bonchev–Trinajstić information content (AvgIpc) is 2.96. The number of nitrogens with zero attached hydrogens (tertiary/aromatic N) is 2. The first-order valence-electron chi connectivity index (χ1n) is 7.88. The molecule has 1 aliphatic heterocycles. The van der Waals surface area contributed by atoms with E-state index in [9.17, 15) is 18.0 Å². The molecule has 1 saturated heterocycles. The lowest BCUT2D eigenvalue weighted by atomic mass is 9.81. The summed E-state index contributed by atoms with van der Waals surface area (Å²) in [4.78, 5) is 27.9. The minimum Gasteiger partial charge on any atom is -0.474 e. The van der Waals surface area contributed by atoms with E-state index >= 15 is 0 Å². The third-order valence-corrected chi connectivity index (χ3v) is 4.19. The summed E-state index contributed by atoms with van der Waals surface area (Å²) < 4.78 is 49.0. The maximum absolute atomic E-state index is 12.9. The summed E-state index contributed by atoms with van der Waals surface area (Å²) in [7, 11) is 0. The lowest BCUT2D eigenvalue weighted by Gasteiger charge is -2.34. The van der Waals surface area contributed by atoms with Crippen molar-refractivity contribution in [3.05, 3.63) is 11.9 Å². The molecule has 0 amide bonds. The Bertz CT molecular complexity index is 637. The molecule has 1 aliphatic carbocycles. The number of aromatic nitrogens is 2. The van der Waals surface area contributed by atoms with Crippen molar-refractivity contribution in [3.63, 3.8) is 0 Å². The van der Waals surface area contributed by atoms with Crippen molar-refractivity contribution in [2.45, 2.75) is 56.9 Å². The van der Waals surface area contributed by atoms with Crippen LogP contribution in [0.15, 0.2) is 6.07 Å². The third kappa shape index (κ3) is 4.37. The van der Waals surface area contributed by atoms with Crippen molar-refractivity contribution in [1.82, 2.24) is 9.97 Å². The Morgan fingerprint density at radius 1 is 1.24 bits per heavy atom. The summed E-state index contributed by atoms with van der Waals surface area (Å²) in [5.74, 6) is -2.97. The summed E-state index contributed by atoms with van der Waals surface area (Å²) in [6, 6.07) is 1.08. The topological polar surface area (TPSA) is 79.8 Å². The fourth-order valence-electron chi connectivity index (χ4n) is 2.97. The molecule has 2 aliphatic rings. The van der Waals surface area contributed by atoms with Crippen molar-refractivity contribution >= 4 is 5.97 Å². The van der Waals surface area contributed by atoms with E-state index in [2.05, 4.69) is 14.7 Å². The van der Waals surface area contributed by atoms with Gasteiger partial charge in [0.25, 0.3) is 0 Å². The third-order valence-electron chi connectivity index (χ3n) is 4.19. The Hall–Kier alpha value is -1.94. The van der Waals surface area contributed by atoms with E-state index < -0.39 is 23.8 Å². The molecule has 1 saturated carbocycles. The summed E-state index contributed by atoms with van der Waals surface area (Å²) >= 11 is 0. The molecule has 3 rings (SSSR count). The van der Waals surface area contributed by atoms with Crippen LogP contribution in [0.5, 0.6) is 11.8 Å². The van der Waals surface area contributed by atoms with Gasteiger partial charge in [0.2, 0.25) is 17.6 Å². The van der Waals surface area contributed by atoms with Crippen LogP contribution in [0, 0.1) is 0 Å². The number of carbonyl (C=O) groups is 1. The second-order valence-corrected chi connectivity index (χ2v) is 6.11. The first kappa shape index (κ1) is 17.9. The zero-order chi connectivity index (χ0) is 18.1. The molecule has 1 aromatic heterocycles. The molecule has 0 unspecified atom stereocenters. The van der Waals surface area contributed by atoms with Gasteiger partial charge in [-0.2, -0.15) is 23.1 Å². The van der Waals surface area contributed by atoms with Gasteiger partial charge < -0.3 is 9.47 Å². The molecule has 2 heterocycles. The summed E-state index contributed by atoms with van der Waals surface area (Å²) in [5.41, 5.74) is -0.314. The van der Waals surface area contributed by atoms with Crippen LogP contribution < -0.4 is 9.47 Å². The fourth-order valence-corrected chi connectivity index (χ4v) is 2.97. The van der Waals surface area contributed by atoms with Crippen molar-refractivity contribution in [1.29, 1.82) is 0 Å². The lowest BCUT2D eigenvalue weighted by Crippen LogP contribution is -2.37. The smallest absolute Gasteiger partial charge is 0.451 e. The largest absolute Gasteiger partial charge is 0.474 e. The highest BCUT2D eigenvalue weighted by Gasteiger charge is 2.42. The van der Waals surface area contributed by atoms with E-state index in [1.165, 1.54) is 0 Å². The standard InChI is InChI=1S/C15H17F3N2O5/c1-9(21)23-11-8-12(20-13(19-11)15(16,17)18)24-10-2-4-14(5-3-10)6-7-22-25-14/h8,10H,2-7H2,1H3. The minimum atomic E-state index is -4.78. The molecule has 1 spiro atoms. The van der Waals surface area contributed by atoms with E-state index in [0.717, 1.165) is 19.4 Å². The van der Waals surface area contributed by atoms with E-state index in [4.69, 9.17) is 14.5 Å². The monoisotopic (exact) mass is 362 g/mol. The number of alkyl halides is 3. The van der Waals surface area contributed by atoms with Crippen LogP contribution in [0.3, 0.4) is 0 Å². The number of hydrogen-bond donors (Lipinski definition) is 0. The molecule has 1 aromatic rings. The fraction of sp³-hybridized carbons (Fsp3) is 0.667. The van der Waals surface area contributed by atoms with Gasteiger partial charge in [-0.05, 0) is 25.7 Å². The summed E-state index contributed by atoms with van der Waals surface area (Å²) in [6.45, 7) is 1.61. The molecule has 2 fully saturated rings. The van der Waals surface area contributed by atoms with Crippen LogP contribution in [0.25, 0.3) is 0 Å². The number of ether oxygens (including phenoxy) is 2. The normalized spacial score (nSPS) is 26.6. The number of hydrogen-bond acceptors (Lipinski definition) is 7. The Morgan fingerprint density at radius 2 is 1.92 bits per heavy atom. The Labute approximate surface area is 141 Å². The molecule has 10 heteroatoms. The van der Waals surface area contributed by atoms with E-state index in [1.54, 1.807) is 0 Å². The SMILES string of the molecule is CC(=O)Oc1cc(OC2CCC3(CCOO3)CC2)nc(C(F)(F)F)n1. The molecule has 0 N–H and O–H groups in total. The van der Waals surface area contributed by atoms with Gasteiger partial charge in [-0.3, -0.25) is 4.79 Å². The van der Waals surface area contributed by atoms with Crippen LogP contribution in [0.1, 0.15) is 44.9 Å². The Balaban J connectivity index is 1.72. The predicted octanol–water partition coefficient (Wildman–Crippen LogP) is 2.83. The maximum Gasteiger partial charge on any atom is 0.451 e. The number of esters is 1. The van der Waals surface area contributed by atoms with Crippen LogP contribution in [0.4, 0.5) is 13.2 Å². The molecule has 0 aromatic carbocycles. The summed E-state index contributed by atoms with van der Waals surface area (Å²) in [5, 5.41) is 0. The number of carbonyl (C=O) groups excluding carboxylic acids is 1. The second-order valence-electron chi connectivity index (χ2n) is 6.11. The van der Waals surface area contributed by atoms with Gasteiger partial charge in [0, 0.05) is 13.3 Å². The molecule has 138 valence electrons. The van der Waals surface area contributed by atoms with Crippen molar-refractivity contribution < 1.29 is 37.2 Å². The van der Waals surface area contributed by atoms with Gasteiger partial charge >= 0.3 is 12.1 Å². The van der Waals surface area contributed by atoms with Gasteiger partial charge in [-0.15, -0.1) is 0 Å². The molecule has 0 radical (unpaired) electrons. The van der Waals surface area contributed by atoms with E-state index in [1.807, 2.05) is 0 Å². The highest BCUT2D eigenvalue weighted by Crippen LogP contribution is 2.39. The minimum absolute atomic E-state index is 0.275. The first-order chi connectivity index (χ1) is 11.8. The molecule has 7 nitrogen and oxygen atoms in total. The van der Waals surface area contributed by atoms with Crippen LogP contribution >= 0.6 is 0 Å². The van der Waals surface area contributed by atoms with Crippen LogP contribution in [0.2, 0.25) is 0 Å². The van der Waals surface area contributed by atoms with Gasteiger partial charge in [0.15, 0.2) is 0 Å². The first-order valence-corrected chi connectivity index (χ1v) is 7.88. The highest BCUT2D eigenvalue weighted by atomic mass is 19.4. The van der Waals surface area contributed by atoms with Crippen molar-refractivity contribution in [3.8, 4) is 11.8 Å². The van der Waals surface area contributed by atoms with Gasteiger partial charge in [0.05, 0.1) is 12.7 Å². The van der Waals surface area contributed by atoms with Gasteiger partial charge in [0.1, 0.15) is 11.7 Å². The average molecular weight is 362 g/mol. The van der Waals surface area contributed by atoms with Crippen molar-refractivity contribution in [2.24, 2.45) is 0 Å². The van der Waals surface area contributed by atoms with Crippen LogP contribution in [-0.2, 0) is 20.7 Å². The van der Waals surface area contributed by atoms with Gasteiger partial charge in [-0.1, -0.05) is 0 Å². The highest BCUT2D eigenvalue weighted by molar-refractivity contribution is 5.68. The molecular formula is C15H17F3N2O5. The van der Waals surface area contributed by atoms with E-state index in [-0.39, 0.29) is 17.6 Å². The quantitative estimate of drug-likeness (QED) is 0.604. The molecule has 25 heavy (non-hydrogen) atoms. The predicted molar refractivity (Wildman–Crippen MR) is 75.6 cm³/mol. The Morgan fingerprint density at radius 3 is 2.48 bits per heavy atom. The van der Waals surface area contributed by atoms with Crippen molar-refractivity contribution in [2.75, 3.05) is 6.61 Å². The zero-order valence-electron chi connectivity index (χ0n) is 13.5. The molecule has 0 bridgehead atoms. The lowest BCUT2D eigenvalue weighted by molar-refractivity contribution is -0.316. The van der Waals surface area contributed by atoms with E-state index in [0.29, 0.717) is 32.3 Å². The molecular weight excluding hydrogens is 345 g/mol. The number of halogens is 3. The maximum atomic E-state index is 12.9. The summed E-state index contributed by atoms with van der Waals surface area (Å²) in [6.07, 6.45) is -1.73. The van der Waals surface area contributed by atoms with Crippen LogP contribution in [-0.4, -0.2) is 34.2 Å². The molecule has 0 atom stereocenters. The van der Waals surface area contributed by atoms with Gasteiger partial charge in [-0.25, -0.2) is 9.78 Å². The zero-order valence-corrected chi connectivity index (χ0v) is 13.5. The Kier molecular flexibility index (Phi) is 4.83. The number of rotatable bonds is 3. The second kappa shape index (κ2) is 6.75.